The first-order valence-electron chi connectivity index (χ1n) is 9.33. The van der Waals surface area contributed by atoms with Gasteiger partial charge in [-0.15, -0.1) is 0 Å². The van der Waals surface area contributed by atoms with Crippen LogP contribution in [0.2, 0.25) is 0 Å². The Balaban J connectivity index is 1.92. The fourth-order valence-electron chi connectivity index (χ4n) is 2.52. The van der Waals surface area contributed by atoms with Crippen molar-refractivity contribution in [3.63, 3.8) is 0 Å². The summed E-state index contributed by atoms with van der Waals surface area (Å²) >= 11 is 0. The SMILES string of the molecule is Oc1ccccc1C=Nc1ccc(OCC(F)(F)C(F)F)c(N=Cc2ccccc2O)c1. The van der Waals surface area contributed by atoms with E-state index in [1.54, 1.807) is 36.4 Å². The van der Waals surface area contributed by atoms with Crippen molar-refractivity contribution in [2.24, 2.45) is 9.98 Å². The molecule has 0 spiro atoms. The number of phenols is 2. The van der Waals surface area contributed by atoms with E-state index in [2.05, 4.69) is 9.98 Å². The van der Waals surface area contributed by atoms with Crippen molar-refractivity contribution >= 4 is 23.8 Å². The van der Waals surface area contributed by atoms with Crippen molar-refractivity contribution in [2.45, 2.75) is 12.3 Å². The summed E-state index contributed by atoms with van der Waals surface area (Å²) in [5.41, 5.74) is 1.17. The summed E-state index contributed by atoms with van der Waals surface area (Å²) in [5.74, 6) is -4.54. The molecule has 0 saturated carbocycles. The summed E-state index contributed by atoms with van der Waals surface area (Å²) in [4.78, 5) is 8.37. The largest absolute Gasteiger partial charge is 0.507 e. The predicted molar refractivity (Wildman–Crippen MR) is 114 cm³/mol. The number of aromatic hydroxyl groups is 2. The third-order valence-electron chi connectivity index (χ3n) is 4.25. The third kappa shape index (κ3) is 5.84. The molecule has 0 amide bonds. The van der Waals surface area contributed by atoms with E-state index in [1.165, 1.54) is 42.8 Å². The van der Waals surface area contributed by atoms with Crippen LogP contribution >= 0.6 is 0 Å². The maximum Gasteiger partial charge on any atom is 0.340 e. The molecule has 3 rings (SSSR count). The fourth-order valence-corrected chi connectivity index (χ4v) is 2.52. The molecule has 2 N–H and O–H groups in total. The molecule has 0 fully saturated rings. The minimum Gasteiger partial charge on any atom is -0.507 e. The van der Waals surface area contributed by atoms with Crippen LogP contribution in [0, 0.1) is 0 Å². The average Bonchev–Trinajstić information content (AvgIpc) is 2.77. The summed E-state index contributed by atoms with van der Waals surface area (Å²) < 4.78 is 56.4. The van der Waals surface area contributed by atoms with Crippen molar-refractivity contribution < 1.29 is 32.5 Å². The number of hydrogen-bond acceptors (Lipinski definition) is 5. The van der Waals surface area contributed by atoms with Crippen LogP contribution in [0.3, 0.4) is 0 Å². The van der Waals surface area contributed by atoms with E-state index < -0.39 is 19.0 Å². The van der Waals surface area contributed by atoms with Gasteiger partial charge in [-0.25, -0.2) is 8.78 Å². The number of halogens is 4. The van der Waals surface area contributed by atoms with Crippen LogP contribution in [-0.2, 0) is 0 Å². The van der Waals surface area contributed by atoms with Crippen LogP contribution in [0.1, 0.15) is 11.1 Å². The highest BCUT2D eigenvalue weighted by Gasteiger charge is 2.41. The molecule has 166 valence electrons. The van der Waals surface area contributed by atoms with E-state index >= 15 is 0 Å². The lowest BCUT2D eigenvalue weighted by Crippen LogP contribution is -2.33. The molecule has 0 unspecified atom stereocenters. The number of para-hydroxylation sites is 2. The smallest absolute Gasteiger partial charge is 0.340 e. The normalized spacial score (nSPS) is 12.2. The van der Waals surface area contributed by atoms with Gasteiger partial charge in [-0.05, 0) is 42.5 Å². The van der Waals surface area contributed by atoms with Gasteiger partial charge in [0.25, 0.3) is 0 Å². The standard InChI is InChI=1S/C23H18F4N2O3/c24-22(25)23(26,27)14-32-21-10-9-17(28-12-15-5-1-3-7-19(15)30)11-18(21)29-13-16-6-2-4-8-20(16)31/h1-13,22,30-31H,14H2. The Morgan fingerprint density at radius 3 is 1.97 bits per heavy atom. The maximum absolute atomic E-state index is 13.3. The molecule has 0 aliphatic heterocycles. The zero-order chi connectivity index (χ0) is 23.1. The second-order valence-electron chi connectivity index (χ2n) is 6.64. The molecule has 0 aliphatic carbocycles. The van der Waals surface area contributed by atoms with Crippen molar-refractivity contribution in [3.8, 4) is 17.2 Å². The summed E-state index contributed by atoms with van der Waals surface area (Å²) in [6, 6.07) is 16.9. The van der Waals surface area contributed by atoms with Gasteiger partial charge in [-0.1, -0.05) is 24.3 Å². The molecule has 32 heavy (non-hydrogen) atoms. The molecular weight excluding hydrogens is 428 g/mol. The van der Waals surface area contributed by atoms with Crippen LogP contribution in [0.5, 0.6) is 17.2 Å². The Morgan fingerprint density at radius 2 is 1.41 bits per heavy atom. The van der Waals surface area contributed by atoms with Crippen LogP contribution < -0.4 is 4.74 Å². The summed E-state index contributed by atoms with van der Waals surface area (Å²) in [6.45, 7) is -1.54. The second-order valence-corrected chi connectivity index (χ2v) is 6.64. The molecule has 3 aromatic carbocycles. The Morgan fingerprint density at radius 1 is 0.844 bits per heavy atom. The zero-order valence-corrected chi connectivity index (χ0v) is 16.5. The number of phenolic OH excluding ortho intramolecular Hbond substituents is 2. The van der Waals surface area contributed by atoms with Crippen molar-refractivity contribution in [2.75, 3.05) is 6.61 Å². The van der Waals surface area contributed by atoms with Crippen molar-refractivity contribution in [1.82, 2.24) is 0 Å². The summed E-state index contributed by atoms with van der Waals surface area (Å²) in [5, 5.41) is 19.7. The number of benzene rings is 3. The Bertz CT molecular complexity index is 1130. The monoisotopic (exact) mass is 446 g/mol. The number of alkyl halides is 4. The first-order valence-corrected chi connectivity index (χ1v) is 9.33. The lowest BCUT2D eigenvalue weighted by Gasteiger charge is -2.17. The van der Waals surface area contributed by atoms with Gasteiger partial charge in [0.1, 0.15) is 22.9 Å². The van der Waals surface area contributed by atoms with Crippen LogP contribution in [-0.4, -0.2) is 41.6 Å². The molecule has 3 aromatic rings. The number of rotatable bonds is 8. The van der Waals surface area contributed by atoms with E-state index in [9.17, 15) is 27.8 Å². The quantitative estimate of drug-likeness (QED) is 0.335. The molecule has 0 bridgehead atoms. The summed E-state index contributed by atoms with van der Waals surface area (Å²) in [6.07, 6.45) is -1.20. The van der Waals surface area contributed by atoms with Gasteiger partial charge in [-0.2, -0.15) is 8.78 Å². The molecule has 9 heteroatoms. The minimum absolute atomic E-state index is 0.0169. The van der Waals surface area contributed by atoms with Crippen LogP contribution in [0.25, 0.3) is 0 Å². The molecule has 0 aliphatic rings. The lowest BCUT2D eigenvalue weighted by molar-refractivity contribution is -0.148. The van der Waals surface area contributed by atoms with Gasteiger partial charge in [0.15, 0.2) is 6.61 Å². The Labute approximate surface area is 181 Å². The Kier molecular flexibility index (Phi) is 7.09. The molecule has 0 saturated heterocycles. The van der Waals surface area contributed by atoms with E-state index in [1.807, 2.05) is 0 Å². The fraction of sp³-hybridized carbons (Fsp3) is 0.130. The first-order chi connectivity index (χ1) is 15.3. The molecule has 0 atom stereocenters. The zero-order valence-electron chi connectivity index (χ0n) is 16.5. The van der Waals surface area contributed by atoms with E-state index in [-0.39, 0.29) is 22.9 Å². The summed E-state index contributed by atoms with van der Waals surface area (Å²) in [7, 11) is 0. The van der Waals surface area contributed by atoms with Gasteiger partial charge in [0.05, 0.1) is 5.69 Å². The van der Waals surface area contributed by atoms with Crippen molar-refractivity contribution in [1.29, 1.82) is 0 Å². The van der Waals surface area contributed by atoms with Crippen LogP contribution in [0.4, 0.5) is 28.9 Å². The number of ether oxygens (including phenoxy) is 1. The van der Waals surface area contributed by atoms with E-state index in [4.69, 9.17) is 4.74 Å². The Hall–Kier alpha value is -3.88. The van der Waals surface area contributed by atoms with Gasteiger partial charge in [-0.3, -0.25) is 9.98 Å². The van der Waals surface area contributed by atoms with Crippen molar-refractivity contribution in [3.05, 3.63) is 77.9 Å². The molecular formula is C23H18F4N2O3. The minimum atomic E-state index is -4.33. The van der Waals surface area contributed by atoms with E-state index in [0.717, 1.165) is 0 Å². The van der Waals surface area contributed by atoms with Crippen LogP contribution in [0.15, 0.2) is 76.7 Å². The predicted octanol–water partition coefficient (Wildman–Crippen LogP) is 5.88. The molecule has 0 radical (unpaired) electrons. The topological polar surface area (TPSA) is 74.4 Å². The first kappa shape index (κ1) is 22.8. The third-order valence-corrected chi connectivity index (χ3v) is 4.25. The van der Waals surface area contributed by atoms with E-state index in [0.29, 0.717) is 16.8 Å². The molecule has 0 heterocycles. The highest BCUT2D eigenvalue weighted by molar-refractivity contribution is 5.87. The number of aliphatic imine (C=N–C) groups is 2. The second kappa shape index (κ2) is 9.95. The lowest BCUT2D eigenvalue weighted by atomic mass is 10.2. The number of hydrogen-bond donors (Lipinski definition) is 2. The highest BCUT2D eigenvalue weighted by atomic mass is 19.3. The highest BCUT2D eigenvalue weighted by Crippen LogP contribution is 2.34. The average molecular weight is 446 g/mol. The molecule has 5 nitrogen and oxygen atoms in total. The van der Waals surface area contributed by atoms with Gasteiger partial charge >= 0.3 is 12.3 Å². The van der Waals surface area contributed by atoms with Gasteiger partial charge in [0.2, 0.25) is 0 Å². The van der Waals surface area contributed by atoms with Gasteiger partial charge in [0, 0.05) is 23.6 Å². The maximum atomic E-state index is 13.3. The van der Waals surface area contributed by atoms with Gasteiger partial charge < -0.3 is 14.9 Å². The molecule has 0 aromatic heterocycles. The number of nitrogens with zero attached hydrogens (tertiary/aromatic N) is 2.